The van der Waals surface area contributed by atoms with Crippen LogP contribution in [0.5, 0.6) is 5.75 Å². The number of piperidine rings is 2. The Balaban J connectivity index is 0.739. The van der Waals surface area contributed by atoms with Crippen LogP contribution in [0.1, 0.15) is 81.3 Å². The number of thiazole rings is 1. The molecule has 3 aliphatic heterocycles. The van der Waals surface area contributed by atoms with E-state index in [1.807, 2.05) is 48.2 Å². The fourth-order valence-corrected chi connectivity index (χ4v) is 11.1. The molecule has 2 atom stereocenters. The van der Waals surface area contributed by atoms with Crippen LogP contribution >= 0.6 is 11.3 Å². The predicted molar refractivity (Wildman–Crippen MR) is 269 cm³/mol. The summed E-state index contributed by atoms with van der Waals surface area (Å²) in [7, 11) is 1.69. The Hall–Kier alpha value is -7.64. The minimum atomic E-state index is -3.05. The van der Waals surface area contributed by atoms with E-state index in [1.165, 1.54) is 16.2 Å². The van der Waals surface area contributed by atoms with Gasteiger partial charge >= 0.3 is 5.97 Å². The molecule has 1 unspecified atom stereocenters. The molecule has 0 aliphatic carbocycles. The van der Waals surface area contributed by atoms with Crippen molar-refractivity contribution in [3.63, 3.8) is 0 Å². The van der Waals surface area contributed by atoms with Crippen LogP contribution in [0.4, 0.5) is 25.4 Å². The first-order valence-corrected chi connectivity index (χ1v) is 24.7. The molecule has 4 aromatic carbocycles. The highest BCUT2D eigenvalue weighted by Crippen LogP contribution is 2.39. The van der Waals surface area contributed by atoms with E-state index < -0.39 is 42.1 Å². The second kappa shape index (κ2) is 19.9. The van der Waals surface area contributed by atoms with Crippen LogP contribution in [-0.2, 0) is 34.4 Å². The number of alkyl halides is 2. The summed E-state index contributed by atoms with van der Waals surface area (Å²) < 4.78 is 40.0. The monoisotopic (exact) mass is 995 g/mol. The smallest absolute Gasteiger partial charge is 0.355 e. The molecule has 0 saturated carbocycles. The Bertz CT molecular complexity index is 3270. The largest absolute Gasteiger partial charge is 0.493 e. The van der Waals surface area contributed by atoms with Gasteiger partial charge in [0, 0.05) is 49.0 Å². The van der Waals surface area contributed by atoms with E-state index in [-0.39, 0.29) is 49.9 Å². The number of nitrogens with one attached hydrogen (secondary N) is 3. The molecule has 2 saturated heterocycles. The third-order valence-electron chi connectivity index (χ3n) is 13.9. The molecule has 7 aromatic rings. The molecule has 10 rings (SSSR count). The highest BCUT2D eigenvalue weighted by atomic mass is 32.1. The van der Waals surface area contributed by atoms with Crippen LogP contribution in [0.2, 0.25) is 0 Å². The van der Waals surface area contributed by atoms with Gasteiger partial charge in [0.25, 0.3) is 11.8 Å². The predicted octanol–water partition coefficient (Wildman–Crippen LogP) is 8.34. The summed E-state index contributed by atoms with van der Waals surface area (Å²) in [5.41, 5.74) is 6.25. The van der Waals surface area contributed by atoms with Gasteiger partial charge < -0.3 is 20.1 Å². The lowest BCUT2D eigenvalue weighted by molar-refractivity contribution is -0.134. The lowest BCUT2D eigenvalue weighted by Gasteiger charge is -2.38. The molecule has 0 spiro atoms. The number of carboxylic acids is 1. The summed E-state index contributed by atoms with van der Waals surface area (Å²) in [5, 5.41) is 24.4. The minimum absolute atomic E-state index is 0.141. The summed E-state index contributed by atoms with van der Waals surface area (Å²) in [5.74, 6) is -6.31. The fraction of sp³-hybridized carbons (Fsp3) is 0.321. The van der Waals surface area contributed by atoms with Crippen molar-refractivity contribution in [2.45, 2.75) is 63.8 Å². The number of aryl methyl sites for hydroxylation is 1. The third-order valence-corrected chi connectivity index (χ3v) is 14.8. The number of nitrogens with zero attached hydrogens (tertiary/aromatic N) is 6. The molecule has 0 radical (unpaired) electrons. The van der Waals surface area contributed by atoms with Crippen LogP contribution in [0.3, 0.4) is 0 Å². The molecular formula is C53H51F2N9O7S. The highest BCUT2D eigenvalue weighted by Gasteiger charge is 2.44. The van der Waals surface area contributed by atoms with Crippen molar-refractivity contribution < 1.29 is 42.6 Å². The molecule has 4 amide bonds. The molecule has 16 nitrogen and oxygen atoms in total. The Labute approximate surface area is 416 Å². The first kappa shape index (κ1) is 48.0. The van der Waals surface area contributed by atoms with Crippen molar-refractivity contribution in [1.82, 2.24) is 30.0 Å². The number of carbonyl (C=O) groups excluding carboxylic acids is 4. The maximum absolute atomic E-state index is 15.7. The van der Waals surface area contributed by atoms with Crippen molar-refractivity contribution in [2.75, 3.05) is 48.3 Å². The van der Waals surface area contributed by atoms with Gasteiger partial charge in [-0.25, -0.2) is 23.5 Å². The zero-order valence-electron chi connectivity index (χ0n) is 39.5. The Morgan fingerprint density at radius 3 is 2.54 bits per heavy atom. The molecular weight excluding hydrogens is 945 g/mol. The van der Waals surface area contributed by atoms with Gasteiger partial charge in [0.05, 0.1) is 52.7 Å². The van der Waals surface area contributed by atoms with Crippen molar-refractivity contribution in [1.29, 1.82) is 0 Å². The van der Waals surface area contributed by atoms with E-state index in [9.17, 15) is 29.1 Å². The molecule has 72 heavy (non-hydrogen) atoms. The van der Waals surface area contributed by atoms with E-state index in [0.717, 1.165) is 21.3 Å². The maximum Gasteiger partial charge on any atom is 0.355 e. The first-order valence-electron chi connectivity index (χ1n) is 23.9. The number of pyridine rings is 1. The zero-order chi connectivity index (χ0) is 50.3. The number of halogens is 2. The number of aromatic carboxylic acids is 1. The number of imide groups is 1. The summed E-state index contributed by atoms with van der Waals surface area (Å²) in [6.07, 6.45) is 1.88. The number of carbonyl (C=O) groups is 5. The molecule has 2 fully saturated rings. The van der Waals surface area contributed by atoms with Gasteiger partial charge in [-0.15, -0.1) is 0 Å². The summed E-state index contributed by atoms with van der Waals surface area (Å²) in [6, 6.07) is 27.4. The van der Waals surface area contributed by atoms with Crippen molar-refractivity contribution in [3.05, 3.63) is 125 Å². The number of hydrogen-bond donors (Lipinski definition) is 4. The quantitative estimate of drug-likeness (QED) is 0.0601. The average molecular weight is 996 g/mol. The van der Waals surface area contributed by atoms with Crippen LogP contribution in [-0.4, -0.2) is 98.1 Å². The number of rotatable bonds is 14. The molecule has 6 heterocycles. The van der Waals surface area contributed by atoms with Crippen molar-refractivity contribution in [2.24, 2.45) is 13.0 Å². The zero-order valence-corrected chi connectivity index (χ0v) is 40.4. The Kier molecular flexibility index (Phi) is 13.2. The molecule has 0 bridgehead atoms. The standard InChI is InChI=1S/C53H51F2N9O7S/c1-30-33(34-18-20-43(58-47(34)51(69)70)64-25-22-31-9-5-12-35(38(31)27-64)49(67)60-52-57-39-14-3-4-17-42(39)72-52)11-7-16-41(30)71-26-8-10-32-23-24-63(29-53(32,54)55)28-45(66)56-40-15-6-13-36-46(61-62(2)48(36)40)37-19-21-44(65)59-50(37)68/h3-7,9,11-18,20,32,37H,8,10,19,21-29H2,1-2H3,(H,56,66)(H,69,70)(H,57,60,67)(H,59,65,68)/t32-,37?/m0/s1. The summed E-state index contributed by atoms with van der Waals surface area (Å²) in [4.78, 5) is 76.7. The number of fused-ring (bicyclic) bond motifs is 3. The van der Waals surface area contributed by atoms with Gasteiger partial charge in [0.1, 0.15) is 11.6 Å². The van der Waals surface area contributed by atoms with Gasteiger partial charge in [-0.2, -0.15) is 5.10 Å². The first-order chi connectivity index (χ1) is 34.7. The second-order valence-electron chi connectivity index (χ2n) is 18.6. The number of benzene rings is 4. The van der Waals surface area contributed by atoms with E-state index in [0.29, 0.717) is 100 Å². The number of hydrogen-bond acceptors (Lipinski definition) is 12. The van der Waals surface area contributed by atoms with Gasteiger partial charge in [0.15, 0.2) is 10.8 Å². The number of likely N-dealkylation sites (tertiary alicyclic amines) is 1. The number of ether oxygens (including phenoxy) is 1. The van der Waals surface area contributed by atoms with E-state index in [2.05, 4.69) is 31.0 Å². The SMILES string of the molecule is Cc1c(OCCC[C@H]2CCN(CC(=O)Nc3cccc4c(C5CCC(=O)NC5=O)nn(C)c34)CC2(F)F)cccc1-c1ccc(N2CCc3cccc(C(=O)Nc4nc5ccccc5s4)c3C2)nc1C(=O)O. The number of anilines is 3. The van der Waals surface area contributed by atoms with E-state index >= 15 is 8.78 Å². The average Bonchev–Trinajstić information content (AvgIpc) is 3.93. The van der Waals surface area contributed by atoms with E-state index in [1.54, 1.807) is 66.3 Å². The number of amides is 4. The Morgan fingerprint density at radius 2 is 1.74 bits per heavy atom. The van der Waals surface area contributed by atoms with Gasteiger partial charge in [-0.05, 0) is 110 Å². The van der Waals surface area contributed by atoms with Crippen LogP contribution in [0, 0.1) is 12.8 Å². The maximum atomic E-state index is 15.7. The van der Waals surface area contributed by atoms with Crippen molar-refractivity contribution >= 4 is 78.7 Å². The summed E-state index contributed by atoms with van der Waals surface area (Å²) >= 11 is 1.40. The van der Waals surface area contributed by atoms with Crippen LogP contribution < -0.4 is 25.6 Å². The highest BCUT2D eigenvalue weighted by molar-refractivity contribution is 7.22. The normalized spacial score (nSPS) is 17.9. The molecule has 3 aliphatic rings. The van der Waals surface area contributed by atoms with Crippen LogP contribution in [0.25, 0.3) is 32.2 Å². The van der Waals surface area contributed by atoms with Gasteiger partial charge in [-0.1, -0.05) is 59.9 Å². The lowest BCUT2D eigenvalue weighted by atomic mass is 9.88. The summed E-state index contributed by atoms with van der Waals surface area (Å²) in [6.45, 7) is 2.39. The second-order valence-corrected chi connectivity index (χ2v) is 19.6. The minimum Gasteiger partial charge on any atom is -0.493 e. The Morgan fingerprint density at radius 1 is 0.917 bits per heavy atom. The molecule has 3 aromatic heterocycles. The number of carboxylic acid groups (broad SMARTS) is 1. The third kappa shape index (κ3) is 9.73. The molecule has 4 N–H and O–H groups in total. The number of aromatic nitrogens is 4. The van der Waals surface area contributed by atoms with Crippen LogP contribution in [0.15, 0.2) is 91.0 Å². The van der Waals surface area contributed by atoms with E-state index in [4.69, 9.17) is 4.74 Å². The van der Waals surface area contributed by atoms with Crippen molar-refractivity contribution in [3.8, 4) is 16.9 Å². The van der Waals surface area contributed by atoms with Gasteiger partial charge in [0.2, 0.25) is 17.7 Å². The number of para-hydroxylation sites is 2. The fourth-order valence-electron chi connectivity index (χ4n) is 10.3. The molecule has 19 heteroatoms. The van der Waals surface area contributed by atoms with Gasteiger partial charge in [-0.3, -0.25) is 39.4 Å². The lowest BCUT2D eigenvalue weighted by Crippen LogP contribution is -2.50. The molecule has 370 valence electrons. The topological polar surface area (TPSA) is 201 Å².